The summed E-state index contributed by atoms with van der Waals surface area (Å²) in [6.45, 7) is 8.23. The minimum Gasteiger partial charge on any atom is -0.361 e. The van der Waals surface area contributed by atoms with Gasteiger partial charge in [0.1, 0.15) is 5.76 Å². The van der Waals surface area contributed by atoms with E-state index in [0.29, 0.717) is 37.9 Å². The monoisotopic (exact) mass is 529 g/mol. The minimum absolute atomic E-state index is 0.0535. The largest absolute Gasteiger partial charge is 0.361 e. The molecule has 2 aliphatic heterocycles. The van der Waals surface area contributed by atoms with Crippen LogP contribution in [0.25, 0.3) is 0 Å². The Hall–Kier alpha value is -3.52. The molecule has 206 valence electrons. The van der Waals surface area contributed by atoms with Crippen molar-refractivity contribution in [1.82, 2.24) is 19.9 Å². The van der Waals surface area contributed by atoms with E-state index in [9.17, 15) is 9.59 Å². The van der Waals surface area contributed by atoms with Crippen LogP contribution in [0, 0.1) is 13.8 Å². The second-order valence-corrected chi connectivity index (χ2v) is 10.8. The first kappa shape index (κ1) is 27.1. The summed E-state index contributed by atoms with van der Waals surface area (Å²) in [6, 6.07) is 12.8. The molecule has 3 aromatic rings. The highest BCUT2D eigenvalue weighted by atomic mass is 16.5. The number of benzene rings is 1. The number of hydrogen-bond acceptors (Lipinski definition) is 6. The highest BCUT2D eigenvalue weighted by molar-refractivity contribution is 5.94. The van der Waals surface area contributed by atoms with Crippen molar-refractivity contribution in [1.29, 1.82) is 0 Å². The zero-order valence-electron chi connectivity index (χ0n) is 23.3. The molecule has 1 fully saturated rings. The molecule has 2 unspecified atom stereocenters. The van der Waals surface area contributed by atoms with Gasteiger partial charge in [-0.25, -0.2) is 0 Å². The van der Waals surface area contributed by atoms with E-state index in [1.54, 1.807) is 0 Å². The lowest BCUT2D eigenvalue weighted by Crippen LogP contribution is -2.52. The maximum absolute atomic E-state index is 14.0. The molecule has 8 heteroatoms. The summed E-state index contributed by atoms with van der Waals surface area (Å²) in [6.07, 6.45) is 8.51. The molecule has 1 aromatic carbocycles. The lowest BCUT2D eigenvalue weighted by molar-refractivity contribution is -0.132. The average molecular weight is 530 g/mol. The number of rotatable bonds is 5. The topological polar surface area (TPSA) is 82.8 Å². The maximum Gasteiger partial charge on any atom is 0.227 e. The molecule has 0 spiro atoms. The molecular weight excluding hydrogens is 490 g/mol. The Bertz CT molecular complexity index is 1270. The van der Waals surface area contributed by atoms with Gasteiger partial charge >= 0.3 is 0 Å². The van der Waals surface area contributed by atoms with Crippen LogP contribution < -0.4 is 4.90 Å². The smallest absolute Gasteiger partial charge is 0.227 e. The Morgan fingerprint density at radius 1 is 1.00 bits per heavy atom. The number of aromatic nitrogens is 2. The van der Waals surface area contributed by atoms with E-state index in [1.807, 2.05) is 61.2 Å². The van der Waals surface area contributed by atoms with Gasteiger partial charge in [-0.3, -0.25) is 19.5 Å². The summed E-state index contributed by atoms with van der Waals surface area (Å²) in [4.78, 5) is 37.9. The third kappa shape index (κ3) is 6.06. The number of carbonyl (C=O) groups excluding carboxylic acids is 2. The molecule has 2 aromatic heterocycles. The van der Waals surface area contributed by atoms with Gasteiger partial charge in [-0.1, -0.05) is 36.7 Å². The highest BCUT2D eigenvalue weighted by Crippen LogP contribution is 2.32. The van der Waals surface area contributed by atoms with Crippen molar-refractivity contribution in [2.24, 2.45) is 0 Å². The molecule has 4 heterocycles. The molecule has 1 saturated heterocycles. The fraction of sp³-hybridized carbons (Fsp3) is 0.484. The number of fused-ring (bicyclic) bond motifs is 3. The first-order valence-corrected chi connectivity index (χ1v) is 14.2. The number of carbonyl (C=O) groups is 2. The van der Waals surface area contributed by atoms with Gasteiger partial charge in [-0.2, -0.15) is 0 Å². The summed E-state index contributed by atoms with van der Waals surface area (Å²) in [5.74, 6) is 0.858. The van der Waals surface area contributed by atoms with Crippen LogP contribution in [0.3, 0.4) is 0 Å². The zero-order valence-corrected chi connectivity index (χ0v) is 23.3. The van der Waals surface area contributed by atoms with E-state index >= 15 is 0 Å². The van der Waals surface area contributed by atoms with Gasteiger partial charge in [0.05, 0.1) is 12.1 Å². The second kappa shape index (κ2) is 12.1. The number of anilines is 1. The number of amides is 2. The fourth-order valence-corrected chi connectivity index (χ4v) is 6.17. The summed E-state index contributed by atoms with van der Waals surface area (Å²) in [5, 5.41) is 4.07. The molecular formula is C31H39N5O3. The normalized spacial score (nSPS) is 20.3. The van der Waals surface area contributed by atoms with Crippen LogP contribution in [0.1, 0.15) is 67.2 Å². The third-order valence-electron chi connectivity index (χ3n) is 8.35. The number of aryl methyl sites for hydroxylation is 2. The molecule has 8 nitrogen and oxygen atoms in total. The van der Waals surface area contributed by atoms with E-state index in [1.165, 1.54) is 5.56 Å². The summed E-state index contributed by atoms with van der Waals surface area (Å²) in [7, 11) is 0. The second-order valence-electron chi connectivity index (χ2n) is 10.8. The third-order valence-corrected chi connectivity index (χ3v) is 8.35. The van der Waals surface area contributed by atoms with E-state index < -0.39 is 0 Å². The average Bonchev–Trinajstić information content (AvgIpc) is 3.26. The molecule has 2 amide bonds. The Morgan fingerprint density at radius 2 is 1.77 bits per heavy atom. The Balaban J connectivity index is 1.54. The van der Waals surface area contributed by atoms with Crippen molar-refractivity contribution < 1.29 is 14.1 Å². The first-order chi connectivity index (χ1) is 18.9. The van der Waals surface area contributed by atoms with E-state index in [-0.39, 0.29) is 24.3 Å². The molecule has 0 aliphatic carbocycles. The number of hydrogen-bond donors (Lipinski definition) is 0. The van der Waals surface area contributed by atoms with Crippen LogP contribution >= 0.6 is 0 Å². The van der Waals surface area contributed by atoms with E-state index in [0.717, 1.165) is 54.7 Å². The molecule has 0 N–H and O–H groups in total. The number of nitrogens with zero attached hydrogens (tertiary/aromatic N) is 5. The predicted molar refractivity (Wildman–Crippen MR) is 150 cm³/mol. The molecule has 5 rings (SSSR count). The van der Waals surface area contributed by atoms with Crippen molar-refractivity contribution in [3.63, 3.8) is 0 Å². The minimum atomic E-state index is 0.0535. The standard InChI is InChI=1S/C31H39N5O3/c1-4-30(37)35-17-14-26-9-7-10-27(36(26)19-24-12-15-32-16-13-24)21-34(20-25-8-5-6-11-29(25)35)31(38)18-28-22(2)33-39-23(28)3/h5-6,8,11-13,15-16,26-27H,4,7,9-10,14,17-21H2,1-3H3. The predicted octanol–water partition coefficient (Wildman–Crippen LogP) is 4.83. The van der Waals surface area contributed by atoms with Crippen LogP contribution in [0.2, 0.25) is 0 Å². The molecule has 39 heavy (non-hydrogen) atoms. The summed E-state index contributed by atoms with van der Waals surface area (Å²) >= 11 is 0. The van der Waals surface area contributed by atoms with Crippen LogP contribution in [-0.2, 0) is 29.1 Å². The molecule has 0 saturated carbocycles. The Morgan fingerprint density at radius 3 is 2.51 bits per heavy atom. The van der Waals surface area contributed by atoms with Gasteiger partial charge in [0.2, 0.25) is 11.8 Å². The van der Waals surface area contributed by atoms with Gasteiger partial charge in [0.15, 0.2) is 0 Å². The van der Waals surface area contributed by atoms with Gasteiger partial charge in [0.25, 0.3) is 0 Å². The lowest BCUT2D eigenvalue weighted by Gasteiger charge is -2.44. The highest BCUT2D eigenvalue weighted by Gasteiger charge is 2.35. The van der Waals surface area contributed by atoms with Crippen LogP contribution in [0.15, 0.2) is 53.3 Å². The SMILES string of the molecule is CCC(=O)N1CCC2CCCC(CN(C(=O)Cc3c(C)noc3C)Cc3ccccc31)N2Cc1ccncc1. The van der Waals surface area contributed by atoms with E-state index in [2.05, 4.69) is 33.2 Å². The van der Waals surface area contributed by atoms with Crippen molar-refractivity contribution in [2.75, 3.05) is 18.0 Å². The number of piperidine rings is 1. The first-order valence-electron chi connectivity index (χ1n) is 14.2. The van der Waals surface area contributed by atoms with Gasteiger partial charge in [0, 0.05) is 68.3 Å². The van der Waals surface area contributed by atoms with Crippen molar-refractivity contribution >= 4 is 17.5 Å². The van der Waals surface area contributed by atoms with Gasteiger partial charge in [-0.15, -0.1) is 0 Å². The summed E-state index contributed by atoms with van der Waals surface area (Å²) < 4.78 is 5.36. The van der Waals surface area contributed by atoms with Gasteiger partial charge in [-0.05, 0) is 62.4 Å². The number of pyridine rings is 1. The quantitative estimate of drug-likeness (QED) is 0.471. The molecule has 0 radical (unpaired) electrons. The van der Waals surface area contributed by atoms with Crippen molar-refractivity contribution in [3.05, 3.63) is 76.9 Å². The Labute approximate surface area is 231 Å². The molecule has 2 bridgehead atoms. The maximum atomic E-state index is 14.0. The van der Waals surface area contributed by atoms with Crippen molar-refractivity contribution in [2.45, 2.75) is 84.5 Å². The van der Waals surface area contributed by atoms with E-state index in [4.69, 9.17) is 4.52 Å². The lowest BCUT2D eigenvalue weighted by atomic mass is 9.92. The molecule has 2 atom stereocenters. The Kier molecular flexibility index (Phi) is 8.41. The van der Waals surface area contributed by atoms with Gasteiger partial charge < -0.3 is 14.3 Å². The van der Waals surface area contributed by atoms with Crippen LogP contribution in [0.5, 0.6) is 0 Å². The van der Waals surface area contributed by atoms with Crippen LogP contribution in [-0.4, -0.2) is 56.9 Å². The zero-order chi connectivity index (χ0) is 27.4. The van der Waals surface area contributed by atoms with Crippen LogP contribution in [0.4, 0.5) is 5.69 Å². The summed E-state index contributed by atoms with van der Waals surface area (Å²) in [5.41, 5.74) is 4.76. The molecule has 2 aliphatic rings. The van der Waals surface area contributed by atoms with Crippen molar-refractivity contribution in [3.8, 4) is 0 Å². The fourth-order valence-electron chi connectivity index (χ4n) is 6.17. The number of para-hydroxylation sites is 1.